The van der Waals surface area contributed by atoms with Gasteiger partial charge in [-0.2, -0.15) is 0 Å². The molecule has 2 rings (SSSR count). The highest BCUT2D eigenvalue weighted by Crippen LogP contribution is 2.63. The van der Waals surface area contributed by atoms with Gasteiger partial charge in [0, 0.05) is 4.47 Å². The van der Waals surface area contributed by atoms with E-state index in [2.05, 4.69) is 54.0 Å². The van der Waals surface area contributed by atoms with Gasteiger partial charge in [-0.05, 0) is 41.5 Å². The lowest BCUT2D eigenvalue weighted by molar-refractivity contribution is 0.558. The molecule has 0 heterocycles. The van der Waals surface area contributed by atoms with Crippen LogP contribution in [0.5, 0.6) is 0 Å². The third-order valence-corrected chi connectivity index (χ3v) is 4.01. The highest BCUT2D eigenvalue weighted by Gasteiger charge is 2.57. The number of rotatable bonds is 2. The summed E-state index contributed by atoms with van der Waals surface area (Å²) in [6, 6.07) is 8.58. The van der Waals surface area contributed by atoms with E-state index in [0.717, 1.165) is 11.0 Å². The Kier molecular flexibility index (Phi) is 2.44. The molecule has 1 saturated carbocycles. The van der Waals surface area contributed by atoms with Crippen molar-refractivity contribution in [2.75, 3.05) is 6.54 Å². The van der Waals surface area contributed by atoms with Crippen LogP contribution in [-0.2, 0) is 0 Å². The van der Waals surface area contributed by atoms with Crippen LogP contribution in [0.1, 0.15) is 25.3 Å². The smallest absolute Gasteiger partial charge is 0.0178 e. The van der Waals surface area contributed by atoms with Crippen molar-refractivity contribution in [2.24, 2.45) is 17.1 Å². The van der Waals surface area contributed by atoms with E-state index in [4.69, 9.17) is 5.73 Å². The first-order valence-corrected chi connectivity index (χ1v) is 5.82. The summed E-state index contributed by atoms with van der Waals surface area (Å²) in [6.07, 6.45) is 0. The summed E-state index contributed by atoms with van der Waals surface area (Å²) >= 11 is 3.51. The minimum absolute atomic E-state index is 0.384. The first kappa shape index (κ1) is 10.2. The summed E-state index contributed by atoms with van der Waals surface area (Å²) in [5, 5.41) is 0. The molecule has 2 N–H and O–H groups in total. The average Bonchev–Trinajstić information content (AvgIpc) is 2.68. The fourth-order valence-electron chi connectivity index (χ4n) is 2.55. The Morgan fingerprint density at radius 1 is 1.43 bits per heavy atom. The van der Waals surface area contributed by atoms with Gasteiger partial charge in [0.15, 0.2) is 0 Å². The van der Waals surface area contributed by atoms with Crippen LogP contribution in [0.15, 0.2) is 28.7 Å². The molecule has 2 heteroatoms. The molecule has 0 unspecified atom stereocenters. The third kappa shape index (κ3) is 1.51. The van der Waals surface area contributed by atoms with Gasteiger partial charge >= 0.3 is 0 Å². The minimum Gasteiger partial charge on any atom is -0.330 e. The zero-order valence-electron chi connectivity index (χ0n) is 8.63. The topological polar surface area (TPSA) is 26.0 Å². The Balaban J connectivity index is 2.26. The van der Waals surface area contributed by atoms with Crippen LogP contribution in [0.2, 0.25) is 0 Å². The van der Waals surface area contributed by atoms with Crippen LogP contribution >= 0.6 is 15.9 Å². The Hall–Kier alpha value is -0.340. The van der Waals surface area contributed by atoms with E-state index in [1.165, 1.54) is 5.56 Å². The van der Waals surface area contributed by atoms with Crippen LogP contribution in [-0.4, -0.2) is 6.54 Å². The SMILES string of the molecule is CC1(C)[C@H](CN)[C@H]1c1cccc(Br)c1. The lowest BCUT2D eigenvalue weighted by atomic mass is 10.0. The predicted octanol–water partition coefficient (Wildman–Crippen LogP) is 3.15. The summed E-state index contributed by atoms with van der Waals surface area (Å²) in [5.41, 5.74) is 7.56. The molecule has 1 aromatic carbocycles. The second-order valence-corrected chi connectivity index (χ2v) is 5.61. The van der Waals surface area contributed by atoms with Gasteiger partial charge in [-0.15, -0.1) is 0 Å². The van der Waals surface area contributed by atoms with Crippen molar-refractivity contribution in [3.8, 4) is 0 Å². The van der Waals surface area contributed by atoms with E-state index in [0.29, 0.717) is 17.3 Å². The molecule has 1 fully saturated rings. The second-order valence-electron chi connectivity index (χ2n) is 4.70. The fraction of sp³-hybridized carbons (Fsp3) is 0.500. The van der Waals surface area contributed by atoms with E-state index in [-0.39, 0.29) is 0 Å². The average molecular weight is 254 g/mol. The monoisotopic (exact) mass is 253 g/mol. The quantitative estimate of drug-likeness (QED) is 0.862. The Labute approximate surface area is 93.8 Å². The van der Waals surface area contributed by atoms with Gasteiger partial charge in [-0.25, -0.2) is 0 Å². The summed E-state index contributed by atoms with van der Waals surface area (Å²) in [4.78, 5) is 0. The highest BCUT2D eigenvalue weighted by atomic mass is 79.9. The lowest BCUT2D eigenvalue weighted by Gasteiger charge is -2.03. The summed E-state index contributed by atoms with van der Waals surface area (Å²) in [7, 11) is 0. The number of benzene rings is 1. The molecule has 0 radical (unpaired) electrons. The molecule has 0 aliphatic heterocycles. The van der Waals surface area contributed by atoms with Crippen molar-refractivity contribution in [3.05, 3.63) is 34.3 Å². The molecule has 1 nitrogen and oxygen atoms in total. The molecule has 1 aromatic rings. The number of nitrogens with two attached hydrogens (primary N) is 1. The molecule has 76 valence electrons. The zero-order chi connectivity index (χ0) is 10.3. The summed E-state index contributed by atoms with van der Waals surface area (Å²) in [6.45, 7) is 5.40. The molecule has 14 heavy (non-hydrogen) atoms. The first-order valence-electron chi connectivity index (χ1n) is 5.03. The van der Waals surface area contributed by atoms with Gasteiger partial charge in [-0.1, -0.05) is 41.9 Å². The molecule has 0 saturated heterocycles. The maximum atomic E-state index is 5.76. The van der Waals surface area contributed by atoms with Crippen LogP contribution in [0.3, 0.4) is 0 Å². The zero-order valence-corrected chi connectivity index (χ0v) is 10.2. The van der Waals surface area contributed by atoms with Crippen molar-refractivity contribution in [1.82, 2.24) is 0 Å². The number of hydrogen-bond acceptors (Lipinski definition) is 1. The minimum atomic E-state index is 0.384. The van der Waals surface area contributed by atoms with E-state index in [1.54, 1.807) is 0 Å². The Morgan fingerprint density at radius 2 is 2.14 bits per heavy atom. The fourth-order valence-corrected chi connectivity index (χ4v) is 2.96. The summed E-state index contributed by atoms with van der Waals surface area (Å²) in [5.74, 6) is 1.29. The molecule has 0 aromatic heterocycles. The largest absolute Gasteiger partial charge is 0.330 e. The molecule has 0 amide bonds. The second kappa shape index (κ2) is 3.35. The Morgan fingerprint density at radius 3 is 2.64 bits per heavy atom. The van der Waals surface area contributed by atoms with Gasteiger partial charge in [0.05, 0.1) is 0 Å². The van der Waals surface area contributed by atoms with Crippen molar-refractivity contribution >= 4 is 15.9 Å². The molecule has 0 bridgehead atoms. The van der Waals surface area contributed by atoms with Crippen molar-refractivity contribution in [2.45, 2.75) is 19.8 Å². The third-order valence-electron chi connectivity index (χ3n) is 3.51. The van der Waals surface area contributed by atoms with E-state index < -0.39 is 0 Å². The van der Waals surface area contributed by atoms with Gasteiger partial charge in [-0.3, -0.25) is 0 Å². The normalized spacial score (nSPS) is 28.9. The van der Waals surface area contributed by atoms with E-state index in [1.807, 2.05) is 0 Å². The number of halogens is 1. The van der Waals surface area contributed by atoms with Crippen LogP contribution in [0.4, 0.5) is 0 Å². The van der Waals surface area contributed by atoms with Gasteiger partial charge < -0.3 is 5.73 Å². The maximum absolute atomic E-state index is 5.76. The molecule has 0 spiro atoms. The van der Waals surface area contributed by atoms with Gasteiger partial charge in [0.25, 0.3) is 0 Å². The molecular weight excluding hydrogens is 238 g/mol. The number of hydrogen-bond donors (Lipinski definition) is 1. The highest BCUT2D eigenvalue weighted by molar-refractivity contribution is 9.10. The van der Waals surface area contributed by atoms with Crippen molar-refractivity contribution < 1.29 is 0 Å². The predicted molar refractivity (Wildman–Crippen MR) is 63.2 cm³/mol. The lowest BCUT2D eigenvalue weighted by Crippen LogP contribution is -2.05. The van der Waals surface area contributed by atoms with E-state index in [9.17, 15) is 0 Å². The van der Waals surface area contributed by atoms with Crippen LogP contribution in [0.25, 0.3) is 0 Å². The first-order chi connectivity index (χ1) is 6.57. The molecule has 1 aliphatic carbocycles. The standard InChI is InChI=1S/C12H16BrN/c1-12(2)10(7-14)11(12)8-4-3-5-9(13)6-8/h3-6,10-11H,7,14H2,1-2H3/t10-,11-/m1/s1. The maximum Gasteiger partial charge on any atom is 0.0178 e. The van der Waals surface area contributed by atoms with E-state index >= 15 is 0 Å². The molecular formula is C12H16BrN. The van der Waals surface area contributed by atoms with Crippen LogP contribution in [0, 0.1) is 11.3 Å². The molecule has 2 atom stereocenters. The van der Waals surface area contributed by atoms with Crippen molar-refractivity contribution in [3.63, 3.8) is 0 Å². The Bertz CT molecular complexity index is 346. The summed E-state index contributed by atoms with van der Waals surface area (Å²) < 4.78 is 1.16. The van der Waals surface area contributed by atoms with Crippen molar-refractivity contribution in [1.29, 1.82) is 0 Å². The van der Waals surface area contributed by atoms with Gasteiger partial charge in [0.2, 0.25) is 0 Å². The molecule has 1 aliphatic rings. The van der Waals surface area contributed by atoms with Gasteiger partial charge in [0.1, 0.15) is 0 Å². The van der Waals surface area contributed by atoms with Crippen LogP contribution < -0.4 is 5.73 Å².